The number of hydrogen-bond acceptors (Lipinski definition) is 3. The van der Waals surface area contributed by atoms with E-state index < -0.39 is 0 Å². The molecule has 6 atom stereocenters. The molecule has 294 valence electrons. The maximum atomic E-state index is 9.90. The monoisotopic (exact) mass is 701 g/mol. The van der Waals surface area contributed by atoms with Crippen molar-refractivity contribution < 1.29 is 14.6 Å². The summed E-state index contributed by atoms with van der Waals surface area (Å²) in [6, 6.07) is 5.92. The van der Waals surface area contributed by atoms with Gasteiger partial charge in [0.1, 0.15) is 11.5 Å². The van der Waals surface area contributed by atoms with Crippen molar-refractivity contribution in [3.05, 3.63) is 23.8 Å². The molecule has 50 heavy (non-hydrogen) atoms. The molecule has 1 N–H and O–H groups in total. The molecule has 0 amide bonds. The second kappa shape index (κ2) is 29.3. The van der Waals surface area contributed by atoms with E-state index >= 15 is 0 Å². The maximum absolute atomic E-state index is 9.90. The molecule has 0 heterocycles. The summed E-state index contributed by atoms with van der Waals surface area (Å²) in [4.78, 5) is 0. The molecular formula is C47H88O3. The maximum Gasteiger partial charge on any atom is 0.128 e. The zero-order valence-electron chi connectivity index (χ0n) is 35.4. The summed E-state index contributed by atoms with van der Waals surface area (Å²) in [6.45, 7) is 25.3. The lowest BCUT2D eigenvalue weighted by molar-refractivity contribution is 0.245. The van der Waals surface area contributed by atoms with Crippen LogP contribution in [-0.4, -0.2) is 18.3 Å². The van der Waals surface area contributed by atoms with Crippen LogP contribution in [-0.2, 0) is 6.61 Å². The number of ether oxygens (including phenoxy) is 2. The number of hydrogen-bond donors (Lipinski definition) is 1. The van der Waals surface area contributed by atoms with Crippen molar-refractivity contribution in [1.82, 2.24) is 0 Å². The third kappa shape index (κ3) is 25.7. The topological polar surface area (TPSA) is 38.7 Å². The van der Waals surface area contributed by atoms with Gasteiger partial charge in [-0.3, -0.25) is 0 Å². The van der Waals surface area contributed by atoms with E-state index in [0.717, 1.165) is 72.0 Å². The Morgan fingerprint density at radius 3 is 1.08 bits per heavy atom. The Bertz CT molecular complexity index is 910. The molecule has 3 heteroatoms. The molecule has 1 aromatic rings. The lowest BCUT2D eigenvalue weighted by Crippen LogP contribution is -2.08. The van der Waals surface area contributed by atoms with Crippen LogP contribution in [0.5, 0.6) is 11.5 Å². The van der Waals surface area contributed by atoms with E-state index in [9.17, 15) is 5.11 Å². The molecule has 0 spiro atoms. The minimum absolute atomic E-state index is 0.00738. The standard InChI is InChI=1S/C47H88O3/c1-37(2)17-11-19-39(5)21-13-23-41(7)25-15-27-43(9)31-33-49-46-30-29-45(36-48)47(35-46)50-34-32-44(10)28-16-26-42(8)24-14-22-40(6)20-12-18-38(3)4/h29-30,35,37-44,48H,11-28,31-34,36H2,1-10H3/t39-,40-,41-,42-,43?,44?/m1/s1. The van der Waals surface area contributed by atoms with Crippen LogP contribution in [0, 0.1) is 47.3 Å². The fraction of sp³-hybridized carbons (Fsp3) is 0.872. The van der Waals surface area contributed by atoms with E-state index in [1.165, 1.54) is 116 Å². The van der Waals surface area contributed by atoms with E-state index in [4.69, 9.17) is 9.47 Å². The van der Waals surface area contributed by atoms with Crippen molar-refractivity contribution in [1.29, 1.82) is 0 Å². The van der Waals surface area contributed by atoms with Gasteiger partial charge >= 0.3 is 0 Å². The molecule has 0 aliphatic rings. The van der Waals surface area contributed by atoms with Crippen LogP contribution in [0.1, 0.15) is 203 Å². The Morgan fingerprint density at radius 2 is 0.740 bits per heavy atom. The SMILES string of the molecule is CC(C)CCC[C@@H](C)CCC[C@@H](C)CCCC(C)CCOc1ccc(CO)c(OCCC(C)CCC[C@H](C)CCC[C@H](C)CCCC(C)C)c1. The van der Waals surface area contributed by atoms with Crippen LogP contribution in [0.2, 0.25) is 0 Å². The fourth-order valence-corrected chi connectivity index (χ4v) is 7.51. The van der Waals surface area contributed by atoms with Gasteiger partial charge < -0.3 is 14.6 Å². The van der Waals surface area contributed by atoms with E-state index in [-0.39, 0.29) is 6.61 Å². The Morgan fingerprint density at radius 1 is 0.420 bits per heavy atom. The first-order valence-corrected chi connectivity index (χ1v) is 21.9. The first kappa shape index (κ1) is 46.8. The lowest BCUT2D eigenvalue weighted by Gasteiger charge is -2.18. The van der Waals surface area contributed by atoms with Crippen molar-refractivity contribution in [3.8, 4) is 11.5 Å². The van der Waals surface area contributed by atoms with Crippen LogP contribution >= 0.6 is 0 Å². The van der Waals surface area contributed by atoms with E-state index in [1.807, 2.05) is 18.2 Å². The van der Waals surface area contributed by atoms with E-state index in [0.29, 0.717) is 18.4 Å². The quantitative estimate of drug-likeness (QED) is 0.0793. The van der Waals surface area contributed by atoms with Crippen LogP contribution in [0.25, 0.3) is 0 Å². The van der Waals surface area contributed by atoms with E-state index in [2.05, 4.69) is 69.2 Å². The van der Waals surface area contributed by atoms with Gasteiger partial charge in [-0.2, -0.15) is 0 Å². The van der Waals surface area contributed by atoms with Crippen LogP contribution in [0.4, 0.5) is 0 Å². The summed E-state index contributed by atoms with van der Waals surface area (Å²) in [5, 5.41) is 9.90. The van der Waals surface area contributed by atoms with Gasteiger partial charge in [-0.25, -0.2) is 0 Å². The van der Waals surface area contributed by atoms with Gasteiger partial charge in [0.05, 0.1) is 19.8 Å². The largest absolute Gasteiger partial charge is 0.493 e. The van der Waals surface area contributed by atoms with Gasteiger partial charge in [0, 0.05) is 11.6 Å². The Balaban J connectivity index is 2.22. The Labute approximate surface area is 313 Å². The Kier molecular flexibility index (Phi) is 27.4. The van der Waals surface area contributed by atoms with Crippen LogP contribution < -0.4 is 9.47 Å². The molecule has 0 bridgehead atoms. The van der Waals surface area contributed by atoms with Crippen molar-refractivity contribution in [3.63, 3.8) is 0 Å². The minimum Gasteiger partial charge on any atom is -0.493 e. The second-order valence-electron chi connectivity index (χ2n) is 18.2. The smallest absolute Gasteiger partial charge is 0.128 e. The summed E-state index contributed by atoms with van der Waals surface area (Å²) in [5.41, 5.74) is 0.844. The van der Waals surface area contributed by atoms with E-state index in [1.54, 1.807) is 0 Å². The number of rotatable bonds is 33. The molecule has 0 fully saturated rings. The number of aliphatic hydroxyl groups excluding tert-OH is 1. The van der Waals surface area contributed by atoms with Crippen LogP contribution in [0.15, 0.2) is 18.2 Å². The summed E-state index contributed by atoms with van der Waals surface area (Å²) in [7, 11) is 0. The van der Waals surface area contributed by atoms with Crippen LogP contribution in [0.3, 0.4) is 0 Å². The van der Waals surface area contributed by atoms with Gasteiger partial charge in [-0.15, -0.1) is 0 Å². The predicted molar refractivity (Wildman–Crippen MR) is 220 cm³/mol. The average Bonchev–Trinajstić information content (AvgIpc) is 3.04. The highest BCUT2D eigenvalue weighted by Gasteiger charge is 2.12. The van der Waals surface area contributed by atoms with Gasteiger partial charge in [0.15, 0.2) is 0 Å². The zero-order chi connectivity index (χ0) is 37.1. The molecule has 0 saturated heterocycles. The van der Waals surface area contributed by atoms with Crippen molar-refractivity contribution in [2.45, 2.75) is 204 Å². The first-order chi connectivity index (χ1) is 23.9. The lowest BCUT2D eigenvalue weighted by atomic mass is 9.91. The first-order valence-electron chi connectivity index (χ1n) is 21.9. The molecule has 3 nitrogen and oxygen atoms in total. The molecule has 0 aliphatic carbocycles. The number of aliphatic hydroxyl groups is 1. The number of benzene rings is 1. The molecule has 1 aromatic carbocycles. The van der Waals surface area contributed by atoms with Crippen molar-refractivity contribution in [2.24, 2.45) is 47.3 Å². The van der Waals surface area contributed by atoms with Crippen molar-refractivity contribution in [2.75, 3.05) is 13.2 Å². The molecule has 1 rings (SSSR count). The van der Waals surface area contributed by atoms with Crippen molar-refractivity contribution >= 4 is 0 Å². The highest BCUT2D eigenvalue weighted by molar-refractivity contribution is 5.40. The molecule has 0 saturated carbocycles. The molecule has 2 unspecified atom stereocenters. The highest BCUT2D eigenvalue weighted by atomic mass is 16.5. The molecule has 0 radical (unpaired) electrons. The summed E-state index contributed by atoms with van der Waals surface area (Å²) >= 11 is 0. The summed E-state index contributed by atoms with van der Waals surface area (Å²) < 4.78 is 12.4. The van der Waals surface area contributed by atoms with Gasteiger partial charge in [0.2, 0.25) is 0 Å². The van der Waals surface area contributed by atoms with Gasteiger partial charge in [-0.1, -0.05) is 185 Å². The van der Waals surface area contributed by atoms with Gasteiger partial charge in [-0.05, 0) is 72.3 Å². The molecule has 0 aromatic heterocycles. The highest BCUT2D eigenvalue weighted by Crippen LogP contribution is 2.28. The zero-order valence-corrected chi connectivity index (χ0v) is 35.4. The fourth-order valence-electron chi connectivity index (χ4n) is 7.51. The summed E-state index contributed by atoms with van der Waals surface area (Å²) in [5.74, 6) is 8.09. The molecule has 0 aliphatic heterocycles. The minimum atomic E-state index is -0.00738. The third-order valence-electron chi connectivity index (χ3n) is 11.5. The molecular weight excluding hydrogens is 613 g/mol. The predicted octanol–water partition coefficient (Wildman–Crippen LogP) is 14.9. The van der Waals surface area contributed by atoms with Gasteiger partial charge in [0.25, 0.3) is 0 Å². The third-order valence-corrected chi connectivity index (χ3v) is 11.5. The normalized spacial score (nSPS) is 15.6. The summed E-state index contributed by atoms with van der Waals surface area (Å²) in [6.07, 6.45) is 26.7. The second-order valence-corrected chi connectivity index (χ2v) is 18.2. The average molecular weight is 701 g/mol. The Hall–Kier alpha value is -1.22.